The van der Waals surface area contributed by atoms with Gasteiger partial charge in [-0.15, -0.1) is 11.3 Å². The molecule has 1 aromatic heterocycles. The maximum absolute atomic E-state index is 3.50. The Morgan fingerprint density at radius 2 is 2.10 bits per heavy atom. The van der Waals surface area contributed by atoms with E-state index >= 15 is 0 Å². The highest BCUT2D eigenvalue weighted by Gasteiger charge is 2.30. The summed E-state index contributed by atoms with van der Waals surface area (Å²) >= 11 is 1.98. The average Bonchev–Trinajstić information content (AvgIpc) is 3.04. The molecule has 3 nitrogen and oxygen atoms in total. The van der Waals surface area contributed by atoms with Gasteiger partial charge in [0.25, 0.3) is 0 Å². The third-order valence-corrected chi connectivity index (χ3v) is 5.52. The molecule has 2 fully saturated rings. The molecule has 20 heavy (non-hydrogen) atoms. The standard InChI is InChI=1S/C16H27N3S/c1-13(2)17-10-15-5-6-16(20-15)12-18-8-9-19-7-3-4-14(19)11-18/h5-6,13-14,17H,3-4,7-12H2,1-2H3. The lowest BCUT2D eigenvalue weighted by molar-refractivity contribution is 0.100. The largest absolute Gasteiger partial charge is 0.310 e. The van der Waals surface area contributed by atoms with E-state index in [9.17, 15) is 0 Å². The Balaban J connectivity index is 1.50. The molecule has 0 spiro atoms. The first-order valence-corrected chi connectivity index (χ1v) is 8.80. The number of piperazine rings is 1. The van der Waals surface area contributed by atoms with Crippen molar-refractivity contribution in [3.05, 3.63) is 21.9 Å². The number of nitrogens with zero attached hydrogens (tertiary/aromatic N) is 2. The summed E-state index contributed by atoms with van der Waals surface area (Å²) in [6, 6.07) is 6.02. The predicted molar refractivity (Wildman–Crippen MR) is 86.2 cm³/mol. The summed E-state index contributed by atoms with van der Waals surface area (Å²) in [6.45, 7) is 11.7. The number of rotatable bonds is 5. The zero-order chi connectivity index (χ0) is 13.9. The molecule has 2 aliphatic heterocycles. The maximum atomic E-state index is 3.50. The monoisotopic (exact) mass is 293 g/mol. The van der Waals surface area contributed by atoms with E-state index in [2.05, 4.69) is 41.1 Å². The van der Waals surface area contributed by atoms with Crippen molar-refractivity contribution in [1.82, 2.24) is 15.1 Å². The molecule has 3 heterocycles. The Hall–Kier alpha value is -0.420. The number of thiophene rings is 1. The minimum Gasteiger partial charge on any atom is -0.310 e. The highest BCUT2D eigenvalue weighted by molar-refractivity contribution is 7.11. The van der Waals surface area contributed by atoms with Crippen LogP contribution in [0.15, 0.2) is 12.1 Å². The summed E-state index contributed by atoms with van der Waals surface area (Å²) in [4.78, 5) is 8.33. The van der Waals surface area contributed by atoms with Gasteiger partial charge in [0.1, 0.15) is 0 Å². The van der Waals surface area contributed by atoms with E-state index < -0.39 is 0 Å². The lowest BCUT2D eigenvalue weighted by atomic mass is 10.1. The highest BCUT2D eigenvalue weighted by atomic mass is 32.1. The molecular formula is C16H27N3S. The Morgan fingerprint density at radius 3 is 2.95 bits per heavy atom. The Bertz CT molecular complexity index is 429. The fourth-order valence-corrected chi connectivity index (χ4v) is 4.34. The zero-order valence-corrected chi connectivity index (χ0v) is 13.6. The summed E-state index contributed by atoms with van der Waals surface area (Å²) in [5, 5.41) is 3.50. The van der Waals surface area contributed by atoms with Crippen LogP contribution < -0.4 is 5.32 Å². The van der Waals surface area contributed by atoms with Crippen LogP contribution in [0.25, 0.3) is 0 Å². The van der Waals surface area contributed by atoms with Crippen molar-refractivity contribution >= 4 is 11.3 Å². The Kier molecular flexibility index (Phi) is 4.76. The van der Waals surface area contributed by atoms with E-state index in [-0.39, 0.29) is 0 Å². The van der Waals surface area contributed by atoms with Crippen LogP contribution in [0.4, 0.5) is 0 Å². The van der Waals surface area contributed by atoms with Crippen molar-refractivity contribution in [2.45, 2.75) is 51.9 Å². The van der Waals surface area contributed by atoms with Crippen LogP contribution in [0, 0.1) is 0 Å². The van der Waals surface area contributed by atoms with E-state index in [1.54, 1.807) is 0 Å². The second-order valence-electron chi connectivity index (χ2n) is 6.47. The first-order chi connectivity index (χ1) is 9.70. The van der Waals surface area contributed by atoms with Crippen molar-refractivity contribution in [2.24, 2.45) is 0 Å². The van der Waals surface area contributed by atoms with Crippen LogP contribution in [-0.2, 0) is 13.1 Å². The molecular weight excluding hydrogens is 266 g/mol. The SMILES string of the molecule is CC(C)NCc1ccc(CN2CCN3CCCC3C2)s1. The predicted octanol–water partition coefficient (Wildman–Crippen LogP) is 2.53. The van der Waals surface area contributed by atoms with E-state index in [0.717, 1.165) is 19.1 Å². The quantitative estimate of drug-likeness (QED) is 0.900. The van der Waals surface area contributed by atoms with Crippen molar-refractivity contribution in [3.63, 3.8) is 0 Å². The molecule has 2 aliphatic rings. The van der Waals surface area contributed by atoms with Gasteiger partial charge in [0.15, 0.2) is 0 Å². The number of fused-ring (bicyclic) bond motifs is 1. The van der Waals surface area contributed by atoms with E-state index in [1.165, 1.54) is 48.8 Å². The van der Waals surface area contributed by atoms with Crippen molar-refractivity contribution < 1.29 is 0 Å². The Morgan fingerprint density at radius 1 is 1.25 bits per heavy atom. The number of hydrogen-bond donors (Lipinski definition) is 1. The van der Waals surface area contributed by atoms with Crippen molar-refractivity contribution in [1.29, 1.82) is 0 Å². The van der Waals surface area contributed by atoms with Gasteiger partial charge in [-0.25, -0.2) is 0 Å². The van der Waals surface area contributed by atoms with E-state index in [4.69, 9.17) is 0 Å². The summed E-state index contributed by atoms with van der Waals surface area (Å²) in [7, 11) is 0. The number of hydrogen-bond acceptors (Lipinski definition) is 4. The molecule has 0 saturated carbocycles. The minimum atomic E-state index is 0.566. The van der Waals surface area contributed by atoms with Crippen LogP contribution >= 0.6 is 11.3 Å². The average molecular weight is 293 g/mol. The molecule has 2 saturated heterocycles. The lowest BCUT2D eigenvalue weighted by Crippen LogP contribution is -2.49. The van der Waals surface area contributed by atoms with Gasteiger partial charge in [0, 0.05) is 54.6 Å². The normalized spacial score (nSPS) is 24.4. The van der Waals surface area contributed by atoms with Gasteiger partial charge in [-0.05, 0) is 31.5 Å². The zero-order valence-electron chi connectivity index (χ0n) is 12.8. The molecule has 0 amide bonds. The maximum Gasteiger partial charge on any atom is 0.0329 e. The first kappa shape index (κ1) is 14.5. The van der Waals surface area contributed by atoms with E-state index in [0.29, 0.717) is 6.04 Å². The topological polar surface area (TPSA) is 18.5 Å². The molecule has 1 atom stereocenters. The van der Waals surface area contributed by atoms with E-state index in [1.807, 2.05) is 11.3 Å². The third-order valence-electron chi connectivity index (χ3n) is 4.45. The van der Waals surface area contributed by atoms with Crippen molar-refractivity contribution in [3.8, 4) is 0 Å². The number of nitrogens with one attached hydrogen (secondary N) is 1. The summed E-state index contributed by atoms with van der Waals surface area (Å²) in [5.41, 5.74) is 0. The van der Waals surface area contributed by atoms with Crippen molar-refractivity contribution in [2.75, 3.05) is 26.2 Å². The van der Waals surface area contributed by atoms with Gasteiger partial charge in [-0.2, -0.15) is 0 Å². The molecule has 0 aliphatic carbocycles. The van der Waals surface area contributed by atoms with Gasteiger partial charge in [-0.1, -0.05) is 13.8 Å². The van der Waals surface area contributed by atoms with Crippen LogP contribution in [0.1, 0.15) is 36.4 Å². The molecule has 1 N–H and O–H groups in total. The summed E-state index contributed by atoms with van der Waals surface area (Å²) in [5.74, 6) is 0. The smallest absolute Gasteiger partial charge is 0.0329 e. The summed E-state index contributed by atoms with van der Waals surface area (Å²) < 4.78 is 0. The molecule has 4 heteroatoms. The van der Waals surface area contributed by atoms with Gasteiger partial charge < -0.3 is 5.32 Å². The van der Waals surface area contributed by atoms with Gasteiger partial charge in [-0.3, -0.25) is 9.80 Å². The first-order valence-electron chi connectivity index (χ1n) is 7.98. The molecule has 3 rings (SSSR count). The van der Waals surface area contributed by atoms with Gasteiger partial charge >= 0.3 is 0 Å². The molecule has 112 valence electrons. The van der Waals surface area contributed by atoms with Crippen LogP contribution in [-0.4, -0.2) is 48.1 Å². The third kappa shape index (κ3) is 3.61. The van der Waals surface area contributed by atoms with Crippen LogP contribution in [0.2, 0.25) is 0 Å². The molecule has 0 radical (unpaired) electrons. The summed E-state index contributed by atoms with van der Waals surface area (Å²) in [6.07, 6.45) is 2.81. The minimum absolute atomic E-state index is 0.566. The van der Waals surface area contributed by atoms with Crippen LogP contribution in [0.3, 0.4) is 0 Å². The fraction of sp³-hybridized carbons (Fsp3) is 0.750. The lowest BCUT2D eigenvalue weighted by Gasteiger charge is -2.37. The second-order valence-corrected chi connectivity index (χ2v) is 7.72. The van der Waals surface area contributed by atoms with Gasteiger partial charge in [0.05, 0.1) is 0 Å². The second kappa shape index (κ2) is 6.56. The van der Waals surface area contributed by atoms with Crippen LogP contribution in [0.5, 0.6) is 0 Å². The molecule has 1 aromatic rings. The van der Waals surface area contributed by atoms with Gasteiger partial charge in [0.2, 0.25) is 0 Å². The molecule has 0 aromatic carbocycles. The fourth-order valence-electron chi connectivity index (χ4n) is 3.33. The highest BCUT2D eigenvalue weighted by Crippen LogP contribution is 2.24. The molecule has 1 unspecified atom stereocenters. The molecule has 0 bridgehead atoms. The Labute approximate surface area is 127 Å².